The molecule has 0 N–H and O–H groups in total. The summed E-state index contributed by atoms with van der Waals surface area (Å²) in [7, 11) is -2.14. The number of carbonyl (C=O) groups is 1. The van der Waals surface area contributed by atoms with Crippen LogP contribution in [-0.2, 0) is 16.6 Å². The van der Waals surface area contributed by atoms with Crippen molar-refractivity contribution >= 4 is 15.8 Å². The third-order valence-corrected chi connectivity index (χ3v) is 4.97. The molecule has 0 amide bonds. The Bertz CT molecular complexity index is 720. The van der Waals surface area contributed by atoms with Crippen molar-refractivity contribution in [2.45, 2.75) is 24.8 Å². The van der Waals surface area contributed by atoms with E-state index in [-0.39, 0.29) is 17.2 Å². The average molecular weight is 307 g/mol. The van der Waals surface area contributed by atoms with Crippen LogP contribution in [0, 0.1) is 0 Å². The van der Waals surface area contributed by atoms with Crippen LogP contribution in [0.1, 0.15) is 29.3 Å². The van der Waals surface area contributed by atoms with E-state index in [9.17, 15) is 13.2 Å². The number of carbonyl (C=O) groups excluding carboxylic acids is 1. The highest BCUT2D eigenvalue weighted by molar-refractivity contribution is 7.89. The molecule has 0 atom stereocenters. The van der Waals surface area contributed by atoms with E-state index in [2.05, 4.69) is 0 Å². The van der Waals surface area contributed by atoms with Crippen molar-refractivity contribution in [2.75, 3.05) is 7.05 Å². The van der Waals surface area contributed by atoms with Crippen LogP contribution >= 0.6 is 0 Å². The van der Waals surface area contributed by atoms with Gasteiger partial charge in [-0.1, -0.05) is 19.1 Å². The van der Waals surface area contributed by atoms with Crippen molar-refractivity contribution in [3.63, 3.8) is 0 Å². The van der Waals surface area contributed by atoms with E-state index in [1.165, 1.54) is 36.0 Å². The predicted molar refractivity (Wildman–Crippen MR) is 78.4 cm³/mol. The Hall–Kier alpha value is -1.92. The topological polar surface area (TPSA) is 67.6 Å². The summed E-state index contributed by atoms with van der Waals surface area (Å²) < 4.78 is 31.2. The fraction of sp³-hybridized carbons (Fsp3) is 0.267. The zero-order valence-corrected chi connectivity index (χ0v) is 12.8. The summed E-state index contributed by atoms with van der Waals surface area (Å²) in [6.45, 7) is 1.96. The van der Waals surface area contributed by atoms with Gasteiger partial charge in [0.1, 0.15) is 0 Å². The first-order valence-electron chi connectivity index (χ1n) is 6.56. The molecule has 0 unspecified atom stereocenters. The maximum Gasteiger partial charge on any atom is 0.243 e. The Morgan fingerprint density at radius 3 is 2.67 bits per heavy atom. The lowest BCUT2D eigenvalue weighted by molar-refractivity contribution is 0.0988. The van der Waals surface area contributed by atoms with Crippen molar-refractivity contribution < 1.29 is 17.6 Å². The molecule has 0 saturated heterocycles. The lowest BCUT2D eigenvalue weighted by atomic mass is 10.1. The molecule has 21 heavy (non-hydrogen) atoms. The molecule has 1 aromatic heterocycles. The largest absolute Gasteiger partial charge is 0.472 e. The summed E-state index contributed by atoms with van der Waals surface area (Å²) in [4.78, 5) is 11.8. The maximum atomic E-state index is 12.5. The summed E-state index contributed by atoms with van der Waals surface area (Å²) in [5.41, 5.74) is 1.18. The minimum absolute atomic E-state index is 0.0791. The van der Waals surface area contributed by atoms with Gasteiger partial charge < -0.3 is 4.42 Å². The van der Waals surface area contributed by atoms with Gasteiger partial charge >= 0.3 is 0 Å². The number of hydrogen-bond donors (Lipinski definition) is 0. The van der Waals surface area contributed by atoms with Crippen LogP contribution in [0.15, 0.2) is 52.2 Å². The number of benzene rings is 1. The third-order valence-electron chi connectivity index (χ3n) is 3.17. The second-order valence-corrected chi connectivity index (χ2v) is 6.74. The molecular formula is C15H17NO4S. The van der Waals surface area contributed by atoms with E-state index in [1.807, 2.05) is 0 Å². The van der Waals surface area contributed by atoms with E-state index in [0.29, 0.717) is 12.0 Å². The summed E-state index contributed by atoms with van der Waals surface area (Å²) >= 11 is 0. The van der Waals surface area contributed by atoms with Crippen LogP contribution in [0.4, 0.5) is 0 Å². The van der Waals surface area contributed by atoms with E-state index >= 15 is 0 Å². The molecule has 5 nitrogen and oxygen atoms in total. The fourth-order valence-electron chi connectivity index (χ4n) is 1.94. The molecule has 0 fully saturated rings. The second kappa shape index (κ2) is 6.24. The number of nitrogens with zero attached hydrogens (tertiary/aromatic N) is 1. The summed E-state index contributed by atoms with van der Waals surface area (Å²) in [6.07, 6.45) is 3.34. The van der Waals surface area contributed by atoms with Gasteiger partial charge in [0.15, 0.2) is 5.78 Å². The molecule has 0 bridgehead atoms. The lowest BCUT2D eigenvalue weighted by Crippen LogP contribution is -2.26. The Kier molecular flexibility index (Phi) is 4.59. The Morgan fingerprint density at radius 1 is 1.29 bits per heavy atom. The number of ketones is 1. The molecule has 0 spiro atoms. The highest BCUT2D eigenvalue weighted by Crippen LogP contribution is 2.19. The van der Waals surface area contributed by atoms with Gasteiger partial charge in [-0.2, -0.15) is 4.31 Å². The van der Waals surface area contributed by atoms with E-state index in [4.69, 9.17) is 4.42 Å². The van der Waals surface area contributed by atoms with Crippen molar-refractivity contribution in [1.82, 2.24) is 4.31 Å². The summed E-state index contributed by atoms with van der Waals surface area (Å²) in [5.74, 6) is -0.0791. The molecule has 0 aliphatic carbocycles. The molecule has 1 aromatic carbocycles. The van der Waals surface area contributed by atoms with Crippen LogP contribution in [0.2, 0.25) is 0 Å². The lowest BCUT2D eigenvalue weighted by Gasteiger charge is -2.16. The molecule has 6 heteroatoms. The van der Waals surface area contributed by atoms with Gasteiger partial charge in [0.2, 0.25) is 10.0 Å². The Balaban J connectivity index is 2.28. The molecule has 0 aliphatic heterocycles. The molecule has 0 saturated carbocycles. The number of sulfonamides is 1. The third kappa shape index (κ3) is 3.40. The van der Waals surface area contributed by atoms with Gasteiger partial charge in [-0.25, -0.2) is 8.42 Å². The zero-order chi connectivity index (χ0) is 15.5. The minimum Gasteiger partial charge on any atom is -0.472 e. The van der Waals surface area contributed by atoms with Gasteiger partial charge in [-0.15, -0.1) is 0 Å². The molecule has 2 rings (SSSR count). The SMILES string of the molecule is CCC(=O)c1cccc(S(=O)(=O)N(C)Cc2ccoc2)c1. The first-order valence-corrected chi connectivity index (χ1v) is 8.00. The standard InChI is InChI=1S/C15H17NO4S/c1-3-15(17)13-5-4-6-14(9-13)21(18,19)16(2)10-12-7-8-20-11-12/h4-9,11H,3,10H2,1-2H3. The maximum absolute atomic E-state index is 12.5. The molecular weight excluding hydrogens is 290 g/mol. The van der Waals surface area contributed by atoms with E-state index in [1.54, 1.807) is 25.1 Å². The zero-order valence-electron chi connectivity index (χ0n) is 11.9. The average Bonchev–Trinajstić information content (AvgIpc) is 2.99. The van der Waals surface area contributed by atoms with Crippen molar-refractivity contribution in [3.05, 3.63) is 54.0 Å². The van der Waals surface area contributed by atoms with Crippen molar-refractivity contribution in [3.8, 4) is 0 Å². The van der Waals surface area contributed by atoms with Crippen LogP contribution in [0.25, 0.3) is 0 Å². The van der Waals surface area contributed by atoms with E-state index < -0.39 is 10.0 Å². The molecule has 0 aliphatic rings. The minimum atomic E-state index is -3.64. The summed E-state index contributed by atoms with van der Waals surface area (Å²) in [5, 5.41) is 0. The van der Waals surface area contributed by atoms with E-state index in [0.717, 1.165) is 5.56 Å². The fourth-order valence-corrected chi connectivity index (χ4v) is 3.14. The van der Waals surface area contributed by atoms with Crippen LogP contribution in [0.5, 0.6) is 0 Å². The highest BCUT2D eigenvalue weighted by Gasteiger charge is 2.22. The smallest absolute Gasteiger partial charge is 0.243 e. The molecule has 1 heterocycles. The number of furan rings is 1. The first-order chi connectivity index (χ1) is 9.95. The monoisotopic (exact) mass is 307 g/mol. The number of Topliss-reactive ketones (excluding diaryl/α,β-unsaturated/α-hetero) is 1. The number of rotatable bonds is 6. The second-order valence-electron chi connectivity index (χ2n) is 4.70. The first kappa shape index (κ1) is 15.5. The van der Waals surface area contributed by atoms with Gasteiger partial charge in [0.25, 0.3) is 0 Å². The Labute approximate surface area is 124 Å². The van der Waals surface area contributed by atoms with Crippen molar-refractivity contribution in [2.24, 2.45) is 0 Å². The quantitative estimate of drug-likeness (QED) is 0.770. The van der Waals surface area contributed by atoms with Gasteiger partial charge in [0.05, 0.1) is 17.4 Å². The predicted octanol–water partition coefficient (Wildman–Crippen LogP) is 2.69. The van der Waals surface area contributed by atoms with Crippen LogP contribution < -0.4 is 0 Å². The molecule has 0 radical (unpaired) electrons. The Morgan fingerprint density at radius 2 is 2.05 bits per heavy atom. The molecule has 2 aromatic rings. The summed E-state index contributed by atoms with van der Waals surface area (Å²) in [6, 6.07) is 7.84. The van der Waals surface area contributed by atoms with Crippen LogP contribution in [0.3, 0.4) is 0 Å². The normalized spacial score (nSPS) is 11.8. The van der Waals surface area contributed by atoms with Crippen molar-refractivity contribution in [1.29, 1.82) is 0 Å². The van der Waals surface area contributed by atoms with Gasteiger partial charge in [0, 0.05) is 31.1 Å². The molecule has 112 valence electrons. The van der Waals surface area contributed by atoms with Gasteiger partial charge in [-0.3, -0.25) is 4.79 Å². The van der Waals surface area contributed by atoms with Crippen LogP contribution in [-0.4, -0.2) is 25.6 Å². The number of hydrogen-bond acceptors (Lipinski definition) is 4. The highest BCUT2D eigenvalue weighted by atomic mass is 32.2. The van der Waals surface area contributed by atoms with Gasteiger partial charge in [-0.05, 0) is 18.2 Å².